The summed E-state index contributed by atoms with van der Waals surface area (Å²) in [4.78, 5) is 23.9. The van der Waals surface area contributed by atoms with E-state index in [0.717, 1.165) is 17.1 Å². The summed E-state index contributed by atoms with van der Waals surface area (Å²) >= 11 is 0. The first-order valence-corrected chi connectivity index (χ1v) is 9.67. The normalized spacial score (nSPS) is 16.4. The highest BCUT2D eigenvalue weighted by atomic mass is 16.2. The molecular formula is C20H25N7O. The number of fused-ring (bicyclic) bond motifs is 1. The van der Waals surface area contributed by atoms with Crippen LogP contribution in [0, 0.1) is 12.8 Å². The third-order valence-electron chi connectivity index (χ3n) is 5.19. The summed E-state index contributed by atoms with van der Waals surface area (Å²) in [5, 5.41) is 8.93. The number of pyridine rings is 1. The van der Waals surface area contributed by atoms with Gasteiger partial charge < -0.3 is 4.90 Å². The van der Waals surface area contributed by atoms with Crippen molar-refractivity contribution < 1.29 is 4.79 Å². The third kappa shape index (κ3) is 3.42. The van der Waals surface area contributed by atoms with Gasteiger partial charge in [0.05, 0.1) is 12.6 Å². The van der Waals surface area contributed by atoms with Crippen LogP contribution in [-0.2, 0) is 17.9 Å². The molecule has 1 aliphatic rings. The second kappa shape index (κ2) is 7.53. The predicted octanol–water partition coefficient (Wildman–Crippen LogP) is 2.47. The van der Waals surface area contributed by atoms with E-state index < -0.39 is 0 Å². The highest BCUT2D eigenvalue weighted by molar-refractivity contribution is 5.76. The average Bonchev–Trinajstić information content (AvgIpc) is 3.31. The van der Waals surface area contributed by atoms with E-state index in [1.807, 2.05) is 39.4 Å². The Morgan fingerprint density at radius 3 is 2.79 bits per heavy atom. The molecule has 8 heteroatoms. The van der Waals surface area contributed by atoms with Crippen molar-refractivity contribution in [2.45, 2.75) is 46.3 Å². The molecule has 4 heterocycles. The number of amides is 1. The van der Waals surface area contributed by atoms with Crippen molar-refractivity contribution in [3.63, 3.8) is 0 Å². The van der Waals surface area contributed by atoms with Crippen molar-refractivity contribution in [3.05, 3.63) is 48.3 Å². The van der Waals surface area contributed by atoms with Crippen LogP contribution in [0.2, 0.25) is 0 Å². The van der Waals surface area contributed by atoms with Gasteiger partial charge in [-0.2, -0.15) is 10.2 Å². The molecule has 0 bridgehead atoms. The number of nitrogens with zero attached hydrogens (tertiary/aromatic N) is 7. The van der Waals surface area contributed by atoms with E-state index in [-0.39, 0.29) is 17.9 Å². The Morgan fingerprint density at radius 1 is 1.25 bits per heavy atom. The van der Waals surface area contributed by atoms with E-state index in [0.29, 0.717) is 31.9 Å². The van der Waals surface area contributed by atoms with E-state index in [4.69, 9.17) is 4.98 Å². The van der Waals surface area contributed by atoms with Crippen LogP contribution < -0.4 is 0 Å². The minimum absolute atomic E-state index is 0.0853. The Balaban J connectivity index is 1.56. The van der Waals surface area contributed by atoms with E-state index in [1.54, 1.807) is 18.6 Å². The molecule has 0 saturated heterocycles. The molecule has 4 rings (SSSR count). The Bertz CT molecular complexity index is 960. The number of aryl methyl sites for hydroxylation is 2. The number of carbonyl (C=O) groups is 1. The maximum atomic E-state index is 13.0. The molecule has 0 radical (unpaired) electrons. The highest BCUT2D eigenvalue weighted by Crippen LogP contribution is 2.32. The number of hydrogen-bond acceptors (Lipinski definition) is 5. The summed E-state index contributed by atoms with van der Waals surface area (Å²) in [6.45, 7) is 8.12. The van der Waals surface area contributed by atoms with Crippen LogP contribution in [0.1, 0.15) is 37.8 Å². The molecule has 146 valence electrons. The smallest absolute Gasteiger partial charge is 0.225 e. The van der Waals surface area contributed by atoms with E-state index >= 15 is 0 Å². The molecule has 0 saturated carbocycles. The van der Waals surface area contributed by atoms with Crippen molar-refractivity contribution in [1.82, 2.24) is 34.4 Å². The Morgan fingerprint density at radius 2 is 2.11 bits per heavy atom. The van der Waals surface area contributed by atoms with Crippen molar-refractivity contribution in [2.75, 3.05) is 6.54 Å². The van der Waals surface area contributed by atoms with Gasteiger partial charge in [-0.25, -0.2) is 9.67 Å². The molecule has 3 aromatic rings. The maximum absolute atomic E-state index is 13.0. The number of rotatable bonds is 5. The van der Waals surface area contributed by atoms with Crippen molar-refractivity contribution in [2.24, 2.45) is 5.92 Å². The lowest BCUT2D eigenvalue weighted by Gasteiger charge is -2.37. The molecule has 28 heavy (non-hydrogen) atoms. The van der Waals surface area contributed by atoms with E-state index in [9.17, 15) is 4.79 Å². The monoisotopic (exact) mass is 379 g/mol. The molecule has 1 atom stereocenters. The lowest BCUT2D eigenvalue weighted by atomic mass is 9.99. The van der Waals surface area contributed by atoms with Crippen LogP contribution in [0.3, 0.4) is 0 Å². The minimum Gasteiger partial charge on any atom is -0.330 e. The van der Waals surface area contributed by atoms with Gasteiger partial charge in [-0.3, -0.25) is 14.5 Å². The fourth-order valence-corrected chi connectivity index (χ4v) is 3.75. The maximum Gasteiger partial charge on any atom is 0.225 e. The third-order valence-corrected chi connectivity index (χ3v) is 5.19. The lowest BCUT2D eigenvalue weighted by molar-refractivity contribution is -0.136. The first-order chi connectivity index (χ1) is 13.5. The minimum atomic E-state index is -0.0853. The van der Waals surface area contributed by atoms with Crippen molar-refractivity contribution >= 4 is 5.91 Å². The van der Waals surface area contributed by atoms with Gasteiger partial charge in [-0.05, 0) is 31.0 Å². The van der Waals surface area contributed by atoms with Gasteiger partial charge in [0.1, 0.15) is 0 Å². The second-order valence-electron chi connectivity index (χ2n) is 7.48. The van der Waals surface area contributed by atoms with Gasteiger partial charge in [0.25, 0.3) is 0 Å². The Hall–Kier alpha value is -3.03. The topological polar surface area (TPSA) is 81.7 Å². The predicted molar refractivity (Wildman–Crippen MR) is 104 cm³/mol. The summed E-state index contributed by atoms with van der Waals surface area (Å²) in [5.74, 6) is 1.88. The number of hydrogen-bond donors (Lipinski definition) is 0. The summed E-state index contributed by atoms with van der Waals surface area (Å²) < 4.78 is 3.81. The molecule has 0 fully saturated rings. The number of aromatic nitrogens is 6. The lowest BCUT2D eigenvalue weighted by Crippen LogP contribution is -2.44. The summed E-state index contributed by atoms with van der Waals surface area (Å²) in [6.07, 6.45) is 5.69. The Kier molecular flexibility index (Phi) is 4.93. The van der Waals surface area contributed by atoms with Gasteiger partial charge in [-0.15, -0.1) is 0 Å². The zero-order valence-electron chi connectivity index (χ0n) is 16.5. The van der Waals surface area contributed by atoms with Gasteiger partial charge in [-0.1, -0.05) is 13.8 Å². The molecule has 0 unspecified atom stereocenters. The first kappa shape index (κ1) is 18.3. The molecule has 8 nitrogen and oxygen atoms in total. The fraction of sp³-hybridized carbons (Fsp3) is 0.450. The SMILES string of the molecule is Cc1ccnn1CCC(=O)N1CCn2nc(-c3cccnc3)nc2[C@H]1C(C)C. The standard InChI is InChI=1S/C20H25N7O/c1-14(2)18-20-23-19(16-5-4-8-21-13-16)24-27(20)12-11-25(18)17(28)7-10-26-15(3)6-9-22-26/h4-6,8-9,13-14,18H,7,10-12H2,1-3H3/t18-/m1/s1. The number of carbonyl (C=O) groups excluding carboxylic acids is 1. The van der Waals surface area contributed by atoms with Crippen LogP contribution in [-0.4, -0.2) is 46.9 Å². The molecule has 1 aliphatic heterocycles. The van der Waals surface area contributed by atoms with Crippen LogP contribution in [0.4, 0.5) is 0 Å². The van der Waals surface area contributed by atoms with Crippen LogP contribution in [0.25, 0.3) is 11.4 Å². The van der Waals surface area contributed by atoms with Crippen LogP contribution >= 0.6 is 0 Å². The molecule has 1 amide bonds. The summed E-state index contributed by atoms with van der Waals surface area (Å²) in [7, 11) is 0. The van der Waals surface area contributed by atoms with Crippen molar-refractivity contribution in [3.8, 4) is 11.4 Å². The average molecular weight is 379 g/mol. The van der Waals surface area contributed by atoms with Gasteiger partial charge in [0, 0.05) is 49.4 Å². The van der Waals surface area contributed by atoms with Crippen molar-refractivity contribution in [1.29, 1.82) is 0 Å². The zero-order chi connectivity index (χ0) is 19.7. The first-order valence-electron chi connectivity index (χ1n) is 9.67. The summed E-state index contributed by atoms with van der Waals surface area (Å²) in [6, 6.07) is 5.69. The summed E-state index contributed by atoms with van der Waals surface area (Å²) in [5.41, 5.74) is 1.95. The van der Waals surface area contributed by atoms with E-state index in [2.05, 4.69) is 29.0 Å². The fourth-order valence-electron chi connectivity index (χ4n) is 3.75. The molecule has 0 N–H and O–H groups in total. The molecule has 0 spiro atoms. The zero-order valence-corrected chi connectivity index (χ0v) is 16.5. The van der Waals surface area contributed by atoms with Gasteiger partial charge in [0.2, 0.25) is 5.91 Å². The van der Waals surface area contributed by atoms with Crippen LogP contribution in [0.15, 0.2) is 36.8 Å². The molecule has 0 aromatic carbocycles. The molecule has 3 aromatic heterocycles. The van der Waals surface area contributed by atoms with Gasteiger partial charge >= 0.3 is 0 Å². The van der Waals surface area contributed by atoms with Crippen LogP contribution in [0.5, 0.6) is 0 Å². The molecule has 0 aliphatic carbocycles. The van der Waals surface area contributed by atoms with Gasteiger partial charge in [0.15, 0.2) is 11.6 Å². The largest absolute Gasteiger partial charge is 0.330 e. The molecular weight excluding hydrogens is 354 g/mol. The highest BCUT2D eigenvalue weighted by Gasteiger charge is 2.35. The Labute approximate surface area is 164 Å². The second-order valence-corrected chi connectivity index (χ2v) is 7.48. The quantitative estimate of drug-likeness (QED) is 0.680. The van der Waals surface area contributed by atoms with E-state index in [1.165, 1.54) is 0 Å².